The molecule has 0 unspecified atom stereocenters. The van der Waals surface area contributed by atoms with Crippen molar-refractivity contribution in [1.82, 2.24) is 0 Å². The Morgan fingerprint density at radius 1 is 1.21 bits per heavy atom. The number of nitrogens with one attached hydrogen (secondary N) is 1. The Morgan fingerprint density at radius 3 is 2.55 bits per heavy atom. The molecule has 1 heterocycles. The average Bonchev–Trinajstić information content (AvgIpc) is 3.13. The molecule has 2 aromatic rings. The van der Waals surface area contributed by atoms with E-state index in [2.05, 4.69) is 5.32 Å². The first-order valence-electron chi connectivity index (χ1n) is 8.98. The summed E-state index contributed by atoms with van der Waals surface area (Å²) in [4.78, 5) is 48.0. The molecule has 29 heavy (non-hydrogen) atoms. The molecule has 0 saturated carbocycles. The van der Waals surface area contributed by atoms with E-state index in [0.717, 1.165) is 6.42 Å². The summed E-state index contributed by atoms with van der Waals surface area (Å²) in [6.45, 7) is 1.64. The lowest BCUT2D eigenvalue weighted by Crippen LogP contribution is -2.24. The van der Waals surface area contributed by atoms with Crippen LogP contribution in [-0.4, -0.2) is 35.9 Å². The van der Waals surface area contributed by atoms with Crippen molar-refractivity contribution >= 4 is 34.8 Å². The Morgan fingerprint density at radius 2 is 1.93 bits per heavy atom. The van der Waals surface area contributed by atoms with Crippen molar-refractivity contribution in [3.63, 3.8) is 0 Å². The van der Waals surface area contributed by atoms with E-state index in [1.807, 2.05) is 0 Å². The number of ether oxygens (including phenoxy) is 1. The van der Waals surface area contributed by atoms with Gasteiger partial charge in [-0.1, -0.05) is 6.07 Å². The molecule has 0 bridgehead atoms. The van der Waals surface area contributed by atoms with Crippen LogP contribution in [0.4, 0.5) is 17.1 Å². The maximum absolute atomic E-state index is 12.1. The van der Waals surface area contributed by atoms with Gasteiger partial charge in [-0.05, 0) is 43.7 Å². The summed E-state index contributed by atoms with van der Waals surface area (Å²) in [6, 6.07) is 10.7. The number of nitro benzene ring substituents is 1. The first-order valence-corrected chi connectivity index (χ1v) is 8.98. The normalized spacial score (nSPS) is 13.3. The molecule has 1 N–H and O–H groups in total. The molecule has 9 heteroatoms. The predicted octanol–water partition coefficient (Wildman–Crippen LogP) is 2.83. The molecule has 0 atom stereocenters. The van der Waals surface area contributed by atoms with Gasteiger partial charge in [-0.15, -0.1) is 0 Å². The molecule has 9 nitrogen and oxygen atoms in total. The fraction of sp³-hybridized carbons (Fsp3) is 0.250. The van der Waals surface area contributed by atoms with Gasteiger partial charge in [0.2, 0.25) is 5.91 Å². The van der Waals surface area contributed by atoms with Crippen molar-refractivity contribution in [2.24, 2.45) is 0 Å². The van der Waals surface area contributed by atoms with E-state index in [0.29, 0.717) is 24.2 Å². The third-order valence-electron chi connectivity index (χ3n) is 4.60. The third kappa shape index (κ3) is 4.57. The van der Waals surface area contributed by atoms with Crippen LogP contribution < -0.4 is 10.2 Å². The molecule has 0 aromatic heterocycles. The standard InChI is InChI=1S/C20H19N3O6/c1-13-16(4-2-5-17(13)23(27)28)21-18(24)12-29-20(26)14-7-9-15(10-8-14)22-11-3-6-19(22)25/h2,4-5,7-10H,3,6,11-12H2,1H3,(H,21,24). The van der Waals surface area contributed by atoms with Crippen LogP contribution in [0.3, 0.4) is 0 Å². The summed E-state index contributed by atoms with van der Waals surface area (Å²) < 4.78 is 5.00. The number of esters is 1. The van der Waals surface area contributed by atoms with E-state index in [-0.39, 0.29) is 22.8 Å². The number of rotatable bonds is 6. The zero-order valence-corrected chi connectivity index (χ0v) is 15.7. The van der Waals surface area contributed by atoms with E-state index < -0.39 is 23.4 Å². The quantitative estimate of drug-likeness (QED) is 0.455. The molecule has 0 radical (unpaired) electrons. The summed E-state index contributed by atoms with van der Waals surface area (Å²) in [5.74, 6) is -1.25. The van der Waals surface area contributed by atoms with Gasteiger partial charge < -0.3 is 15.0 Å². The van der Waals surface area contributed by atoms with Crippen LogP contribution in [0, 0.1) is 17.0 Å². The van der Waals surface area contributed by atoms with Crippen LogP contribution in [0.5, 0.6) is 0 Å². The zero-order valence-electron chi connectivity index (χ0n) is 15.7. The second-order valence-corrected chi connectivity index (χ2v) is 6.53. The van der Waals surface area contributed by atoms with E-state index in [1.54, 1.807) is 17.0 Å². The van der Waals surface area contributed by atoms with Crippen LogP contribution in [0.2, 0.25) is 0 Å². The fourth-order valence-electron chi connectivity index (χ4n) is 3.06. The minimum Gasteiger partial charge on any atom is -0.452 e. The van der Waals surface area contributed by atoms with Gasteiger partial charge in [0.05, 0.1) is 21.7 Å². The highest BCUT2D eigenvalue weighted by atomic mass is 16.6. The third-order valence-corrected chi connectivity index (χ3v) is 4.60. The molecule has 0 aliphatic carbocycles. The molecular weight excluding hydrogens is 378 g/mol. The summed E-state index contributed by atoms with van der Waals surface area (Å²) in [6.07, 6.45) is 1.32. The van der Waals surface area contributed by atoms with Gasteiger partial charge in [0.1, 0.15) is 0 Å². The minimum absolute atomic E-state index is 0.0495. The Labute approximate surface area is 166 Å². The SMILES string of the molecule is Cc1c(NC(=O)COC(=O)c2ccc(N3CCCC3=O)cc2)cccc1[N+](=O)[O-]. The van der Waals surface area contributed by atoms with E-state index >= 15 is 0 Å². The lowest BCUT2D eigenvalue weighted by atomic mass is 10.1. The van der Waals surface area contributed by atoms with Gasteiger partial charge in [-0.3, -0.25) is 19.7 Å². The average molecular weight is 397 g/mol. The van der Waals surface area contributed by atoms with Crippen molar-refractivity contribution in [3.05, 3.63) is 63.7 Å². The zero-order chi connectivity index (χ0) is 21.0. The number of nitrogens with zero attached hydrogens (tertiary/aromatic N) is 2. The van der Waals surface area contributed by atoms with Crippen LogP contribution in [-0.2, 0) is 14.3 Å². The maximum atomic E-state index is 12.1. The molecule has 1 aliphatic heterocycles. The number of hydrogen-bond acceptors (Lipinski definition) is 6. The fourth-order valence-corrected chi connectivity index (χ4v) is 3.06. The molecule has 150 valence electrons. The Hall–Kier alpha value is -3.75. The second kappa shape index (κ2) is 8.51. The number of carbonyl (C=O) groups is 3. The summed E-state index contributed by atoms with van der Waals surface area (Å²) in [5.41, 5.74) is 1.43. The lowest BCUT2D eigenvalue weighted by molar-refractivity contribution is -0.385. The van der Waals surface area contributed by atoms with Gasteiger partial charge in [0.25, 0.3) is 11.6 Å². The Kier molecular flexibility index (Phi) is 5.87. The maximum Gasteiger partial charge on any atom is 0.338 e. The van der Waals surface area contributed by atoms with Gasteiger partial charge >= 0.3 is 5.97 Å². The first-order chi connectivity index (χ1) is 13.9. The monoisotopic (exact) mass is 397 g/mol. The van der Waals surface area contributed by atoms with Crippen molar-refractivity contribution < 1.29 is 24.0 Å². The lowest BCUT2D eigenvalue weighted by Gasteiger charge is -2.15. The van der Waals surface area contributed by atoms with Gasteiger partial charge in [0, 0.05) is 24.7 Å². The molecule has 0 spiro atoms. The number of nitro groups is 1. The summed E-state index contributed by atoms with van der Waals surface area (Å²) >= 11 is 0. The van der Waals surface area contributed by atoms with Crippen LogP contribution in [0.15, 0.2) is 42.5 Å². The number of anilines is 2. The minimum atomic E-state index is -0.685. The highest BCUT2D eigenvalue weighted by molar-refractivity contribution is 5.98. The Balaban J connectivity index is 1.56. The molecule has 3 rings (SSSR count). The number of amides is 2. The van der Waals surface area contributed by atoms with E-state index in [4.69, 9.17) is 4.74 Å². The van der Waals surface area contributed by atoms with Gasteiger partial charge in [-0.2, -0.15) is 0 Å². The molecular formula is C20H19N3O6. The van der Waals surface area contributed by atoms with Crippen molar-refractivity contribution in [2.75, 3.05) is 23.4 Å². The molecule has 1 fully saturated rings. The number of benzene rings is 2. The highest BCUT2D eigenvalue weighted by Gasteiger charge is 2.22. The van der Waals surface area contributed by atoms with E-state index in [1.165, 1.54) is 37.3 Å². The van der Waals surface area contributed by atoms with Crippen molar-refractivity contribution in [1.29, 1.82) is 0 Å². The predicted molar refractivity (Wildman–Crippen MR) is 105 cm³/mol. The molecule has 1 aliphatic rings. The molecule has 1 saturated heterocycles. The summed E-state index contributed by atoms with van der Waals surface area (Å²) in [5, 5.41) is 13.5. The highest BCUT2D eigenvalue weighted by Crippen LogP contribution is 2.25. The van der Waals surface area contributed by atoms with Crippen molar-refractivity contribution in [2.45, 2.75) is 19.8 Å². The first kappa shape index (κ1) is 20.0. The largest absolute Gasteiger partial charge is 0.452 e. The van der Waals surface area contributed by atoms with Crippen molar-refractivity contribution in [3.8, 4) is 0 Å². The molecule has 2 amide bonds. The van der Waals surface area contributed by atoms with Gasteiger partial charge in [-0.25, -0.2) is 4.79 Å². The number of carbonyl (C=O) groups excluding carboxylic acids is 3. The summed E-state index contributed by atoms with van der Waals surface area (Å²) in [7, 11) is 0. The topological polar surface area (TPSA) is 119 Å². The van der Waals surface area contributed by atoms with Crippen LogP contribution >= 0.6 is 0 Å². The van der Waals surface area contributed by atoms with Gasteiger partial charge in [0.15, 0.2) is 6.61 Å². The van der Waals surface area contributed by atoms with Crippen LogP contribution in [0.1, 0.15) is 28.8 Å². The second-order valence-electron chi connectivity index (χ2n) is 6.53. The smallest absolute Gasteiger partial charge is 0.338 e. The Bertz CT molecular complexity index is 971. The number of hydrogen-bond donors (Lipinski definition) is 1. The molecule has 2 aromatic carbocycles. The van der Waals surface area contributed by atoms with Crippen LogP contribution in [0.25, 0.3) is 0 Å². The van der Waals surface area contributed by atoms with E-state index in [9.17, 15) is 24.5 Å².